The summed E-state index contributed by atoms with van der Waals surface area (Å²) in [5.41, 5.74) is -0.446. The molecule has 0 heterocycles. The highest BCUT2D eigenvalue weighted by Gasteiger charge is 2.18. The Hall–Kier alpha value is -1.47. The van der Waals surface area contributed by atoms with Gasteiger partial charge in [-0.2, -0.15) is 0 Å². The van der Waals surface area contributed by atoms with Crippen LogP contribution in [0.3, 0.4) is 0 Å². The van der Waals surface area contributed by atoms with Crippen LogP contribution in [0.4, 0.5) is 10.1 Å². The number of hydrogen-bond acceptors (Lipinski definition) is 3. The molecule has 1 aromatic rings. The number of rotatable bonds is 3. The van der Waals surface area contributed by atoms with E-state index in [1.54, 1.807) is 0 Å². The monoisotopic (exact) mass is 288 g/mol. The van der Waals surface area contributed by atoms with Gasteiger partial charge in [-0.25, -0.2) is 17.9 Å². The number of sulfonamides is 1. The van der Waals surface area contributed by atoms with Crippen molar-refractivity contribution < 1.29 is 17.6 Å². The SMILES string of the molecule is CC(C)(C)CC(=O)Nc1cc(S(N)(=O)=O)ccc1F. The van der Waals surface area contributed by atoms with Crippen LogP contribution < -0.4 is 10.5 Å². The molecule has 106 valence electrons. The second-order valence-corrected chi connectivity index (χ2v) is 7.03. The number of amides is 1. The van der Waals surface area contributed by atoms with Gasteiger partial charge in [-0.1, -0.05) is 20.8 Å². The van der Waals surface area contributed by atoms with E-state index in [9.17, 15) is 17.6 Å². The molecular formula is C12H17FN2O3S. The fourth-order valence-corrected chi connectivity index (χ4v) is 1.99. The molecule has 0 bridgehead atoms. The van der Waals surface area contributed by atoms with Crippen molar-refractivity contribution in [3.05, 3.63) is 24.0 Å². The van der Waals surface area contributed by atoms with Gasteiger partial charge in [-0.05, 0) is 23.6 Å². The third-order valence-electron chi connectivity index (χ3n) is 2.23. The summed E-state index contributed by atoms with van der Waals surface area (Å²) in [6.07, 6.45) is 0.187. The van der Waals surface area contributed by atoms with Crippen LogP contribution in [0.2, 0.25) is 0 Å². The zero-order valence-corrected chi connectivity index (χ0v) is 11.8. The maximum atomic E-state index is 13.5. The third-order valence-corrected chi connectivity index (χ3v) is 3.14. The maximum absolute atomic E-state index is 13.5. The lowest BCUT2D eigenvalue weighted by molar-refractivity contribution is -0.117. The van der Waals surface area contributed by atoms with Gasteiger partial charge < -0.3 is 5.32 Å². The van der Waals surface area contributed by atoms with Crippen molar-refractivity contribution in [3.63, 3.8) is 0 Å². The van der Waals surface area contributed by atoms with E-state index in [0.29, 0.717) is 0 Å². The number of nitrogens with one attached hydrogen (secondary N) is 1. The Balaban J connectivity index is 2.99. The minimum Gasteiger partial charge on any atom is -0.324 e. The van der Waals surface area contributed by atoms with Crippen molar-refractivity contribution in [1.29, 1.82) is 0 Å². The van der Waals surface area contributed by atoms with E-state index < -0.39 is 21.7 Å². The molecule has 0 unspecified atom stereocenters. The van der Waals surface area contributed by atoms with E-state index >= 15 is 0 Å². The largest absolute Gasteiger partial charge is 0.324 e. The van der Waals surface area contributed by atoms with Crippen molar-refractivity contribution in [2.75, 3.05) is 5.32 Å². The zero-order chi connectivity index (χ0) is 14.8. The first-order valence-corrected chi connectivity index (χ1v) is 7.16. The molecule has 5 nitrogen and oxygen atoms in total. The molecule has 0 aliphatic rings. The fourth-order valence-electron chi connectivity index (χ4n) is 1.45. The number of primary sulfonamides is 1. The van der Waals surface area contributed by atoms with Crippen molar-refractivity contribution in [1.82, 2.24) is 0 Å². The number of benzene rings is 1. The Morgan fingerprint density at radius 1 is 1.37 bits per heavy atom. The summed E-state index contributed by atoms with van der Waals surface area (Å²) in [5, 5.41) is 7.29. The summed E-state index contributed by atoms with van der Waals surface area (Å²) < 4.78 is 35.8. The van der Waals surface area contributed by atoms with Crippen LogP contribution in [-0.4, -0.2) is 14.3 Å². The average Bonchev–Trinajstić information content (AvgIpc) is 2.16. The Labute approximate surface area is 112 Å². The van der Waals surface area contributed by atoms with E-state index in [4.69, 9.17) is 5.14 Å². The molecule has 19 heavy (non-hydrogen) atoms. The van der Waals surface area contributed by atoms with E-state index in [1.807, 2.05) is 20.8 Å². The normalized spacial score (nSPS) is 12.3. The first-order valence-electron chi connectivity index (χ1n) is 5.61. The minimum absolute atomic E-state index is 0.187. The summed E-state index contributed by atoms with van der Waals surface area (Å²) >= 11 is 0. The first-order chi connectivity index (χ1) is 8.49. The topological polar surface area (TPSA) is 89.3 Å². The number of halogens is 1. The molecule has 0 aliphatic heterocycles. The second kappa shape index (κ2) is 5.26. The van der Waals surface area contributed by atoms with E-state index in [2.05, 4.69) is 5.32 Å². The van der Waals surface area contributed by atoms with Gasteiger partial charge >= 0.3 is 0 Å². The molecule has 3 N–H and O–H groups in total. The summed E-state index contributed by atoms with van der Waals surface area (Å²) in [6, 6.07) is 3.00. The van der Waals surface area contributed by atoms with E-state index in [1.165, 1.54) is 0 Å². The molecule has 0 saturated heterocycles. The van der Waals surface area contributed by atoms with Crippen molar-refractivity contribution in [3.8, 4) is 0 Å². The Morgan fingerprint density at radius 3 is 2.42 bits per heavy atom. The van der Waals surface area contributed by atoms with Crippen LogP contribution in [0, 0.1) is 11.2 Å². The van der Waals surface area contributed by atoms with E-state index in [0.717, 1.165) is 18.2 Å². The smallest absolute Gasteiger partial charge is 0.238 e. The summed E-state index contributed by atoms with van der Waals surface area (Å²) in [7, 11) is -3.93. The third kappa shape index (κ3) is 4.96. The Morgan fingerprint density at radius 2 is 1.95 bits per heavy atom. The molecule has 0 spiro atoms. The predicted octanol–water partition coefficient (Wildman–Crippen LogP) is 1.85. The molecule has 0 aliphatic carbocycles. The molecule has 1 amide bonds. The van der Waals surface area contributed by atoms with Gasteiger partial charge in [0.1, 0.15) is 5.82 Å². The molecule has 7 heteroatoms. The number of anilines is 1. The maximum Gasteiger partial charge on any atom is 0.238 e. The van der Waals surface area contributed by atoms with Crippen molar-refractivity contribution in [2.45, 2.75) is 32.1 Å². The highest BCUT2D eigenvalue weighted by atomic mass is 32.2. The summed E-state index contributed by atoms with van der Waals surface area (Å²) in [6.45, 7) is 5.59. The summed E-state index contributed by atoms with van der Waals surface area (Å²) in [5.74, 6) is -1.10. The molecule has 0 aromatic heterocycles. The quantitative estimate of drug-likeness (QED) is 0.889. The lowest BCUT2D eigenvalue weighted by Gasteiger charge is -2.17. The van der Waals surface area contributed by atoms with Gasteiger partial charge in [-0.3, -0.25) is 4.79 Å². The van der Waals surface area contributed by atoms with Gasteiger partial charge in [0.25, 0.3) is 0 Å². The molecule has 1 rings (SSSR count). The van der Waals surface area contributed by atoms with Crippen molar-refractivity contribution >= 4 is 21.6 Å². The van der Waals surface area contributed by atoms with Crippen LogP contribution in [0.5, 0.6) is 0 Å². The zero-order valence-electron chi connectivity index (χ0n) is 11.0. The first kappa shape index (κ1) is 15.6. The van der Waals surface area contributed by atoms with Gasteiger partial charge in [0.05, 0.1) is 10.6 Å². The number of carbonyl (C=O) groups is 1. The highest BCUT2D eigenvalue weighted by Crippen LogP contribution is 2.22. The van der Waals surface area contributed by atoms with Gasteiger partial charge in [0.15, 0.2) is 0 Å². The minimum atomic E-state index is -3.93. The van der Waals surface area contributed by atoms with Crippen LogP contribution in [0.15, 0.2) is 23.1 Å². The van der Waals surface area contributed by atoms with Gasteiger partial charge in [0.2, 0.25) is 15.9 Å². The second-order valence-electron chi connectivity index (χ2n) is 5.47. The Bertz CT molecular complexity index is 591. The molecule has 1 aromatic carbocycles. The van der Waals surface area contributed by atoms with Crippen LogP contribution >= 0.6 is 0 Å². The van der Waals surface area contributed by atoms with Crippen LogP contribution in [0.1, 0.15) is 27.2 Å². The molecular weight excluding hydrogens is 271 g/mol. The number of nitrogens with two attached hydrogens (primary N) is 1. The molecule has 0 fully saturated rings. The van der Waals surface area contributed by atoms with Crippen molar-refractivity contribution in [2.24, 2.45) is 10.6 Å². The van der Waals surface area contributed by atoms with E-state index in [-0.39, 0.29) is 22.4 Å². The number of carbonyl (C=O) groups excluding carboxylic acids is 1. The predicted molar refractivity (Wildman–Crippen MR) is 70.5 cm³/mol. The standard InChI is InChI=1S/C12H17FN2O3S/c1-12(2,3)7-11(16)15-10-6-8(19(14,17)18)4-5-9(10)13/h4-6H,7H2,1-3H3,(H,15,16)(H2,14,17,18). The van der Waals surface area contributed by atoms with Gasteiger partial charge in [0, 0.05) is 6.42 Å². The molecule has 0 atom stereocenters. The van der Waals surface area contributed by atoms with Crippen LogP contribution in [0.25, 0.3) is 0 Å². The fraction of sp³-hybridized carbons (Fsp3) is 0.417. The molecule has 0 radical (unpaired) electrons. The lowest BCUT2D eigenvalue weighted by Crippen LogP contribution is -2.20. The van der Waals surface area contributed by atoms with Crippen LogP contribution in [-0.2, 0) is 14.8 Å². The lowest BCUT2D eigenvalue weighted by atomic mass is 9.92. The molecule has 0 saturated carbocycles. The summed E-state index contributed by atoms with van der Waals surface area (Å²) in [4.78, 5) is 11.4. The Kier molecular flexibility index (Phi) is 4.32. The number of hydrogen-bond donors (Lipinski definition) is 2. The average molecular weight is 288 g/mol. The van der Waals surface area contributed by atoms with Gasteiger partial charge in [-0.15, -0.1) is 0 Å². The highest BCUT2D eigenvalue weighted by molar-refractivity contribution is 7.89.